The van der Waals surface area contributed by atoms with Crippen LogP contribution in [-0.2, 0) is 4.74 Å². The normalized spacial score (nSPS) is 12.3. The Morgan fingerprint density at radius 2 is 1.89 bits per heavy atom. The average molecular weight is 265 g/mol. The lowest BCUT2D eigenvalue weighted by molar-refractivity contribution is 0.0386. The van der Waals surface area contributed by atoms with Gasteiger partial charge in [-0.25, -0.2) is 0 Å². The Balaban J connectivity index is 2.05. The first-order valence-corrected chi connectivity index (χ1v) is 7.33. The Kier molecular flexibility index (Phi) is 8.07. The number of rotatable bonds is 10. The summed E-state index contributed by atoms with van der Waals surface area (Å²) in [6, 6.07) is 7.54. The summed E-state index contributed by atoms with van der Waals surface area (Å²) in [6.45, 7) is 5.52. The number of hydrogen-bond acceptors (Lipinski definition) is 3. The van der Waals surface area contributed by atoms with E-state index in [0.29, 0.717) is 25.0 Å². The van der Waals surface area contributed by atoms with Crippen molar-refractivity contribution in [2.75, 3.05) is 18.9 Å². The van der Waals surface area contributed by atoms with Crippen molar-refractivity contribution in [2.24, 2.45) is 0 Å². The summed E-state index contributed by atoms with van der Waals surface area (Å²) in [4.78, 5) is 0. The summed E-state index contributed by atoms with van der Waals surface area (Å²) in [5, 5.41) is 0. The first kappa shape index (κ1) is 15.8. The van der Waals surface area contributed by atoms with E-state index >= 15 is 0 Å². The molecule has 0 aliphatic carbocycles. The lowest BCUT2D eigenvalue weighted by Gasteiger charge is -2.14. The average Bonchev–Trinajstić information content (AvgIpc) is 2.41. The topological polar surface area (TPSA) is 44.5 Å². The molecule has 0 saturated carbocycles. The van der Waals surface area contributed by atoms with Crippen LogP contribution in [0, 0.1) is 0 Å². The SMILES string of the molecule is CCCCCCC(C)OCCOc1ccccc1N. The van der Waals surface area contributed by atoms with Gasteiger partial charge in [-0.2, -0.15) is 0 Å². The highest BCUT2D eigenvalue weighted by Gasteiger charge is 2.03. The Morgan fingerprint density at radius 1 is 1.11 bits per heavy atom. The van der Waals surface area contributed by atoms with Crippen LogP contribution in [0.15, 0.2) is 24.3 Å². The van der Waals surface area contributed by atoms with Gasteiger partial charge < -0.3 is 15.2 Å². The molecule has 0 fully saturated rings. The highest BCUT2D eigenvalue weighted by Crippen LogP contribution is 2.19. The van der Waals surface area contributed by atoms with Gasteiger partial charge in [0, 0.05) is 0 Å². The maximum atomic E-state index is 5.79. The zero-order chi connectivity index (χ0) is 13.9. The molecule has 2 N–H and O–H groups in total. The second kappa shape index (κ2) is 9.68. The molecule has 0 heterocycles. The molecule has 0 amide bonds. The van der Waals surface area contributed by atoms with Crippen LogP contribution >= 0.6 is 0 Å². The maximum absolute atomic E-state index is 5.79. The molecule has 108 valence electrons. The van der Waals surface area contributed by atoms with Crippen molar-refractivity contribution in [3.63, 3.8) is 0 Å². The van der Waals surface area contributed by atoms with Crippen LogP contribution < -0.4 is 10.5 Å². The Morgan fingerprint density at radius 3 is 2.63 bits per heavy atom. The molecule has 0 aliphatic heterocycles. The van der Waals surface area contributed by atoms with Gasteiger partial charge in [0.2, 0.25) is 0 Å². The molecule has 0 aromatic heterocycles. The first-order valence-electron chi connectivity index (χ1n) is 7.33. The number of nitrogen functional groups attached to an aromatic ring is 1. The van der Waals surface area contributed by atoms with E-state index in [1.54, 1.807) is 0 Å². The van der Waals surface area contributed by atoms with Gasteiger partial charge in [-0.3, -0.25) is 0 Å². The van der Waals surface area contributed by atoms with Crippen molar-refractivity contribution >= 4 is 5.69 Å². The quantitative estimate of drug-likeness (QED) is 0.513. The van der Waals surface area contributed by atoms with Gasteiger partial charge in [-0.05, 0) is 25.5 Å². The molecular formula is C16H27NO2. The fourth-order valence-electron chi connectivity index (χ4n) is 1.95. The lowest BCUT2D eigenvalue weighted by Crippen LogP contribution is -2.14. The molecule has 0 radical (unpaired) electrons. The predicted octanol–water partition coefficient (Wildman–Crippen LogP) is 4.02. The second-order valence-corrected chi connectivity index (χ2v) is 4.92. The Labute approximate surface area is 117 Å². The molecule has 3 nitrogen and oxygen atoms in total. The third kappa shape index (κ3) is 7.06. The minimum Gasteiger partial charge on any atom is -0.489 e. The molecule has 1 unspecified atom stereocenters. The molecule has 0 saturated heterocycles. The summed E-state index contributed by atoms with van der Waals surface area (Å²) >= 11 is 0. The second-order valence-electron chi connectivity index (χ2n) is 4.92. The van der Waals surface area contributed by atoms with Gasteiger partial charge >= 0.3 is 0 Å². The van der Waals surface area contributed by atoms with E-state index in [2.05, 4.69) is 13.8 Å². The van der Waals surface area contributed by atoms with E-state index in [4.69, 9.17) is 15.2 Å². The molecule has 19 heavy (non-hydrogen) atoms. The summed E-state index contributed by atoms with van der Waals surface area (Å²) in [5.74, 6) is 0.738. The van der Waals surface area contributed by atoms with Crippen molar-refractivity contribution in [3.05, 3.63) is 24.3 Å². The highest BCUT2D eigenvalue weighted by molar-refractivity contribution is 5.51. The third-order valence-electron chi connectivity index (χ3n) is 3.13. The van der Waals surface area contributed by atoms with Crippen LogP contribution in [0.5, 0.6) is 5.75 Å². The molecule has 3 heteroatoms. The molecule has 1 rings (SSSR count). The molecular weight excluding hydrogens is 238 g/mol. The summed E-state index contributed by atoms with van der Waals surface area (Å²) in [5.41, 5.74) is 6.47. The summed E-state index contributed by atoms with van der Waals surface area (Å²) in [6.07, 6.45) is 6.61. The van der Waals surface area contributed by atoms with Crippen molar-refractivity contribution < 1.29 is 9.47 Å². The first-order chi connectivity index (χ1) is 9.24. The number of anilines is 1. The number of unbranched alkanes of at least 4 members (excludes halogenated alkanes) is 3. The van der Waals surface area contributed by atoms with Gasteiger partial charge in [0.1, 0.15) is 12.4 Å². The fraction of sp³-hybridized carbons (Fsp3) is 0.625. The predicted molar refractivity (Wildman–Crippen MR) is 80.5 cm³/mol. The van der Waals surface area contributed by atoms with Crippen LogP contribution in [0.3, 0.4) is 0 Å². The number of ether oxygens (including phenoxy) is 2. The van der Waals surface area contributed by atoms with E-state index in [1.807, 2.05) is 24.3 Å². The highest BCUT2D eigenvalue weighted by atomic mass is 16.5. The summed E-state index contributed by atoms with van der Waals surface area (Å²) in [7, 11) is 0. The van der Waals surface area contributed by atoms with E-state index < -0.39 is 0 Å². The largest absolute Gasteiger partial charge is 0.489 e. The number of nitrogens with two attached hydrogens (primary N) is 1. The fourth-order valence-corrected chi connectivity index (χ4v) is 1.95. The lowest BCUT2D eigenvalue weighted by atomic mass is 10.1. The zero-order valence-electron chi connectivity index (χ0n) is 12.2. The Hall–Kier alpha value is -1.22. The van der Waals surface area contributed by atoms with Crippen molar-refractivity contribution in [1.82, 2.24) is 0 Å². The zero-order valence-corrected chi connectivity index (χ0v) is 12.2. The van der Waals surface area contributed by atoms with Crippen LogP contribution in [0.4, 0.5) is 5.69 Å². The van der Waals surface area contributed by atoms with Crippen molar-refractivity contribution in [3.8, 4) is 5.75 Å². The molecule has 0 aliphatic rings. The summed E-state index contributed by atoms with van der Waals surface area (Å²) < 4.78 is 11.3. The van der Waals surface area contributed by atoms with E-state index in [-0.39, 0.29) is 0 Å². The van der Waals surface area contributed by atoms with Crippen LogP contribution in [0.25, 0.3) is 0 Å². The number of para-hydroxylation sites is 2. The van der Waals surface area contributed by atoms with Crippen molar-refractivity contribution in [1.29, 1.82) is 0 Å². The monoisotopic (exact) mass is 265 g/mol. The van der Waals surface area contributed by atoms with Crippen molar-refractivity contribution in [2.45, 2.75) is 52.1 Å². The van der Waals surface area contributed by atoms with Gasteiger partial charge in [0.05, 0.1) is 18.4 Å². The van der Waals surface area contributed by atoms with Gasteiger partial charge in [-0.15, -0.1) is 0 Å². The minimum atomic E-state index is 0.313. The molecule has 0 bridgehead atoms. The maximum Gasteiger partial charge on any atom is 0.142 e. The molecule has 1 aromatic rings. The molecule has 1 aromatic carbocycles. The van der Waals surface area contributed by atoms with Gasteiger partial charge in [0.15, 0.2) is 0 Å². The minimum absolute atomic E-state index is 0.313. The smallest absolute Gasteiger partial charge is 0.142 e. The number of hydrogen-bond donors (Lipinski definition) is 1. The van der Waals surface area contributed by atoms with E-state index in [1.165, 1.54) is 25.7 Å². The Bertz CT molecular complexity index is 341. The standard InChI is InChI=1S/C16H27NO2/c1-3-4-5-6-9-14(2)18-12-13-19-16-11-8-7-10-15(16)17/h7-8,10-11,14H,3-6,9,12-13,17H2,1-2H3. The van der Waals surface area contributed by atoms with E-state index in [9.17, 15) is 0 Å². The van der Waals surface area contributed by atoms with Gasteiger partial charge in [0.25, 0.3) is 0 Å². The van der Waals surface area contributed by atoms with Crippen LogP contribution in [0.2, 0.25) is 0 Å². The van der Waals surface area contributed by atoms with Crippen LogP contribution in [0.1, 0.15) is 46.0 Å². The molecule has 0 spiro atoms. The molecule has 1 atom stereocenters. The third-order valence-corrected chi connectivity index (χ3v) is 3.13. The van der Waals surface area contributed by atoms with E-state index in [0.717, 1.165) is 12.2 Å². The number of benzene rings is 1. The van der Waals surface area contributed by atoms with Gasteiger partial charge in [-0.1, -0.05) is 44.7 Å². The van der Waals surface area contributed by atoms with Crippen LogP contribution in [-0.4, -0.2) is 19.3 Å².